The summed E-state index contributed by atoms with van der Waals surface area (Å²) >= 11 is 6.12. The third kappa shape index (κ3) is 3.15. The minimum Gasteiger partial charge on any atom is -0.334 e. The van der Waals surface area contributed by atoms with Crippen molar-refractivity contribution in [2.75, 3.05) is 13.1 Å². The molecule has 0 radical (unpaired) electrons. The number of nitrogens with zero attached hydrogens (tertiary/aromatic N) is 1. The molecule has 2 unspecified atom stereocenters. The van der Waals surface area contributed by atoms with Crippen molar-refractivity contribution in [3.05, 3.63) is 34.3 Å². The summed E-state index contributed by atoms with van der Waals surface area (Å²) in [6.45, 7) is 5.47. The first-order chi connectivity index (χ1) is 9.56. The highest BCUT2D eigenvalue weighted by Crippen LogP contribution is 2.27. The van der Waals surface area contributed by atoms with Gasteiger partial charge in [-0.1, -0.05) is 31.0 Å². The minimum atomic E-state index is 0.0527. The fourth-order valence-corrected chi connectivity index (χ4v) is 3.07. The van der Waals surface area contributed by atoms with Crippen LogP contribution in [0.25, 0.3) is 0 Å². The van der Waals surface area contributed by atoms with Gasteiger partial charge in [0.2, 0.25) is 0 Å². The van der Waals surface area contributed by atoms with E-state index in [0.717, 1.165) is 31.4 Å². The van der Waals surface area contributed by atoms with E-state index in [1.165, 1.54) is 0 Å². The van der Waals surface area contributed by atoms with E-state index in [9.17, 15) is 4.79 Å². The predicted molar refractivity (Wildman–Crippen MR) is 83.1 cm³/mol. The maximum absolute atomic E-state index is 12.6. The van der Waals surface area contributed by atoms with Gasteiger partial charge in [-0.25, -0.2) is 0 Å². The van der Waals surface area contributed by atoms with Gasteiger partial charge in [0.25, 0.3) is 5.91 Å². The molecule has 0 spiro atoms. The first-order valence-corrected chi connectivity index (χ1v) is 7.71. The number of hydrogen-bond acceptors (Lipinski definition) is 2. The average Bonchev–Trinajstić information content (AvgIpc) is 2.48. The smallest absolute Gasteiger partial charge is 0.254 e. The number of benzene rings is 1. The highest BCUT2D eigenvalue weighted by Gasteiger charge is 2.30. The molecule has 1 amide bonds. The summed E-state index contributed by atoms with van der Waals surface area (Å²) in [4.78, 5) is 14.6. The molecule has 110 valence electrons. The lowest BCUT2D eigenvalue weighted by Crippen LogP contribution is -2.49. The Labute approximate surface area is 126 Å². The van der Waals surface area contributed by atoms with E-state index in [0.29, 0.717) is 23.0 Å². The topological polar surface area (TPSA) is 46.3 Å². The van der Waals surface area contributed by atoms with Crippen molar-refractivity contribution < 1.29 is 4.79 Å². The Bertz CT molecular complexity index is 489. The zero-order valence-electron chi connectivity index (χ0n) is 12.2. The number of carbonyl (C=O) groups is 1. The average molecular weight is 295 g/mol. The van der Waals surface area contributed by atoms with Gasteiger partial charge in [0.15, 0.2) is 0 Å². The maximum atomic E-state index is 12.6. The Morgan fingerprint density at radius 3 is 2.85 bits per heavy atom. The van der Waals surface area contributed by atoms with Crippen LogP contribution in [-0.2, 0) is 0 Å². The lowest BCUT2D eigenvalue weighted by atomic mass is 9.88. The summed E-state index contributed by atoms with van der Waals surface area (Å²) < 4.78 is 0. The number of carbonyl (C=O) groups excluding carboxylic acids is 1. The largest absolute Gasteiger partial charge is 0.334 e. The van der Waals surface area contributed by atoms with E-state index in [1.54, 1.807) is 6.07 Å². The Morgan fingerprint density at radius 1 is 1.50 bits per heavy atom. The molecule has 0 saturated carbocycles. The van der Waals surface area contributed by atoms with Crippen LogP contribution >= 0.6 is 11.6 Å². The molecule has 0 aliphatic carbocycles. The van der Waals surface area contributed by atoms with E-state index < -0.39 is 0 Å². The molecule has 1 heterocycles. The molecule has 0 aromatic heterocycles. The van der Waals surface area contributed by atoms with Crippen LogP contribution in [0.3, 0.4) is 0 Å². The molecule has 3 nitrogen and oxygen atoms in total. The number of hydrogen-bond donors (Lipinski definition) is 1. The zero-order chi connectivity index (χ0) is 14.7. The van der Waals surface area contributed by atoms with Crippen molar-refractivity contribution >= 4 is 17.5 Å². The van der Waals surface area contributed by atoms with E-state index in [1.807, 2.05) is 24.0 Å². The molecule has 1 aromatic carbocycles. The number of rotatable bonds is 3. The Balaban J connectivity index is 2.17. The third-order valence-electron chi connectivity index (χ3n) is 4.35. The van der Waals surface area contributed by atoms with Crippen LogP contribution in [0.4, 0.5) is 0 Å². The molecular weight excluding hydrogens is 272 g/mol. The van der Waals surface area contributed by atoms with Gasteiger partial charge >= 0.3 is 0 Å². The van der Waals surface area contributed by atoms with Crippen LogP contribution in [0.15, 0.2) is 18.2 Å². The van der Waals surface area contributed by atoms with Gasteiger partial charge in [0.05, 0.1) is 0 Å². The Hall–Kier alpha value is -1.06. The number of halogens is 1. The van der Waals surface area contributed by atoms with Gasteiger partial charge in [-0.15, -0.1) is 0 Å². The first-order valence-electron chi connectivity index (χ1n) is 7.34. The van der Waals surface area contributed by atoms with Crippen molar-refractivity contribution in [3.63, 3.8) is 0 Å². The lowest BCUT2D eigenvalue weighted by Gasteiger charge is -2.39. The van der Waals surface area contributed by atoms with Crippen LogP contribution in [0.1, 0.15) is 42.1 Å². The van der Waals surface area contributed by atoms with Crippen LogP contribution in [-0.4, -0.2) is 29.9 Å². The van der Waals surface area contributed by atoms with Gasteiger partial charge in [0.1, 0.15) is 0 Å². The van der Waals surface area contributed by atoms with Crippen molar-refractivity contribution in [2.45, 2.75) is 39.2 Å². The molecule has 2 atom stereocenters. The zero-order valence-corrected chi connectivity index (χ0v) is 13.0. The number of aryl methyl sites for hydroxylation is 1. The highest BCUT2D eigenvalue weighted by molar-refractivity contribution is 6.31. The minimum absolute atomic E-state index is 0.0527. The van der Waals surface area contributed by atoms with Crippen molar-refractivity contribution in [3.8, 4) is 0 Å². The second-order valence-electron chi connectivity index (χ2n) is 5.65. The van der Waals surface area contributed by atoms with Gasteiger partial charge in [-0.3, -0.25) is 4.79 Å². The van der Waals surface area contributed by atoms with Crippen molar-refractivity contribution in [2.24, 2.45) is 11.7 Å². The summed E-state index contributed by atoms with van der Waals surface area (Å²) in [6.07, 6.45) is 3.24. The summed E-state index contributed by atoms with van der Waals surface area (Å²) in [5, 5.41) is 0.642. The molecule has 1 saturated heterocycles. The first kappa shape index (κ1) is 15.3. The Kier molecular flexibility index (Phi) is 5.06. The van der Waals surface area contributed by atoms with E-state index >= 15 is 0 Å². The molecular formula is C16H23ClN2O. The summed E-state index contributed by atoms with van der Waals surface area (Å²) in [5.74, 6) is 0.742. The molecule has 2 N–H and O–H groups in total. The third-order valence-corrected chi connectivity index (χ3v) is 4.76. The van der Waals surface area contributed by atoms with Crippen LogP contribution in [0.2, 0.25) is 5.02 Å². The number of piperidine rings is 1. The maximum Gasteiger partial charge on any atom is 0.254 e. The number of amides is 1. The summed E-state index contributed by atoms with van der Waals surface area (Å²) in [7, 11) is 0. The normalized spacial score (nSPS) is 22.9. The standard InChI is InChI=1S/C16H23ClN2O/c1-3-12-6-7-19(14(8-12)10-18)16(20)13-5-4-11(2)15(17)9-13/h4-5,9,12,14H,3,6-8,10,18H2,1-2H3. The molecule has 1 aromatic rings. The molecule has 1 aliphatic heterocycles. The van der Waals surface area contributed by atoms with Crippen molar-refractivity contribution in [1.29, 1.82) is 0 Å². The van der Waals surface area contributed by atoms with Crippen LogP contribution in [0.5, 0.6) is 0 Å². The molecule has 1 fully saturated rings. The molecule has 4 heteroatoms. The van der Waals surface area contributed by atoms with Gasteiger partial charge in [-0.2, -0.15) is 0 Å². The van der Waals surface area contributed by atoms with E-state index in [2.05, 4.69) is 6.92 Å². The molecule has 2 rings (SSSR count). The monoisotopic (exact) mass is 294 g/mol. The second-order valence-corrected chi connectivity index (χ2v) is 6.06. The lowest BCUT2D eigenvalue weighted by molar-refractivity contribution is 0.0558. The van der Waals surface area contributed by atoms with Gasteiger partial charge < -0.3 is 10.6 Å². The van der Waals surface area contributed by atoms with E-state index in [-0.39, 0.29) is 11.9 Å². The second kappa shape index (κ2) is 6.59. The van der Waals surface area contributed by atoms with Gasteiger partial charge in [-0.05, 0) is 43.4 Å². The number of nitrogens with two attached hydrogens (primary N) is 1. The van der Waals surface area contributed by atoms with Crippen molar-refractivity contribution in [1.82, 2.24) is 4.90 Å². The highest BCUT2D eigenvalue weighted by atomic mass is 35.5. The predicted octanol–water partition coefficient (Wildman–Crippen LogP) is 3.24. The summed E-state index contributed by atoms with van der Waals surface area (Å²) in [5.41, 5.74) is 7.51. The molecule has 0 bridgehead atoms. The number of likely N-dealkylation sites (tertiary alicyclic amines) is 1. The molecule has 1 aliphatic rings. The van der Waals surface area contributed by atoms with Crippen LogP contribution < -0.4 is 5.73 Å². The SMILES string of the molecule is CCC1CCN(C(=O)c2ccc(C)c(Cl)c2)C(CN)C1. The molecule has 20 heavy (non-hydrogen) atoms. The van der Waals surface area contributed by atoms with E-state index in [4.69, 9.17) is 17.3 Å². The quantitative estimate of drug-likeness (QED) is 0.930. The Morgan fingerprint density at radius 2 is 2.25 bits per heavy atom. The fraction of sp³-hybridized carbons (Fsp3) is 0.562. The summed E-state index contributed by atoms with van der Waals surface area (Å²) in [6, 6.07) is 5.66. The van der Waals surface area contributed by atoms with Gasteiger partial charge in [0, 0.05) is 29.7 Å². The van der Waals surface area contributed by atoms with Crippen LogP contribution in [0, 0.1) is 12.8 Å². The fourth-order valence-electron chi connectivity index (χ4n) is 2.89.